The number of carbonyl (C=O) groups excluding carboxylic acids is 1. The highest BCUT2D eigenvalue weighted by molar-refractivity contribution is 7.91. The van der Waals surface area contributed by atoms with Gasteiger partial charge in [-0.1, -0.05) is 18.2 Å². The molecule has 7 nitrogen and oxygen atoms in total. The zero-order chi connectivity index (χ0) is 18.9. The Morgan fingerprint density at radius 1 is 1.15 bits per heavy atom. The van der Waals surface area contributed by atoms with Crippen LogP contribution in [0.4, 0.5) is 11.5 Å². The summed E-state index contributed by atoms with van der Waals surface area (Å²) in [5.41, 5.74) is 3.31. The van der Waals surface area contributed by atoms with Gasteiger partial charge in [0.05, 0.1) is 11.5 Å². The molecule has 1 atom stereocenters. The number of rotatable bonds is 4. The number of amides is 1. The van der Waals surface area contributed by atoms with Crippen LogP contribution in [0.5, 0.6) is 0 Å². The predicted octanol–water partition coefficient (Wildman–Crippen LogP) is 2.06. The lowest BCUT2D eigenvalue weighted by Crippen LogP contribution is -2.36. The Kier molecular flexibility index (Phi) is 4.95. The normalized spacial score (nSPS) is 18.5. The first kappa shape index (κ1) is 18.3. The number of aryl methyl sites for hydroxylation is 3. The summed E-state index contributed by atoms with van der Waals surface area (Å²) in [6.07, 6.45) is 0.436. The second kappa shape index (κ2) is 7.03. The standard InChI is InChI=1S/C18H22N4O3S/c1-11-5-4-6-12(2)17(11)22-16-9-15(19-13(3)20-16)18(23)21-14-7-8-26(24,25)10-14/h4-6,9,14H,7-8,10H2,1-3H3,(H,21,23)(H,19,20,22). The third kappa shape index (κ3) is 4.19. The van der Waals surface area contributed by atoms with E-state index in [1.165, 1.54) is 0 Å². The van der Waals surface area contributed by atoms with Crippen molar-refractivity contribution in [1.29, 1.82) is 0 Å². The molecule has 1 unspecified atom stereocenters. The summed E-state index contributed by atoms with van der Waals surface area (Å²) in [5.74, 6) is 0.697. The Morgan fingerprint density at radius 2 is 1.85 bits per heavy atom. The van der Waals surface area contributed by atoms with E-state index >= 15 is 0 Å². The number of hydrogen-bond donors (Lipinski definition) is 2. The van der Waals surface area contributed by atoms with Gasteiger partial charge in [-0.05, 0) is 38.3 Å². The van der Waals surface area contributed by atoms with Gasteiger partial charge in [0.1, 0.15) is 17.3 Å². The van der Waals surface area contributed by atoms with Gasteiger partial charge in [-0.15, -0.1) is 0 Å². The van der Waals surface area contributed by atoms with Crippen LogP contribution in [0.25, 0.3) is 0 Å². The Balaban J connectivity index is 1.80. The number of benzene rings is 1. The first-order valence-corrected chi connectivity index (χ1v) is 10.3. The van der Waals surface area contributed by atoms with Crippen LogP contribution in [0.1, 0.15) is 33.9 Å². The van der Waals surface area contributed by atoms with Crippen LogP contribution in [0.2, 0.25) is 0 Å². The largest absolute Gasteiger partial charge is 0.347 e. The van der Waals surface area contributed by atoms with Crippen molar-refractivity contribution in [1.82, 2.24) is 15.3 Å². The average Bonchev–Trinajstić information content (AvgIpc) is 2.89. The summed E-state index contributed by atoms with van der Waals surface area (Å²) in [6.45, 7) is 5.71. The third-order valence-electron chi connectivity index (χ3n) is 4.37. The quantitative estimate of drug-likeness (QED) is 0.849. The summed E-state index contributed by atoms with van der Waals surface area (Å²) in [5, 5.41) is 6.01. The molecule has 1 fully saturated rings. The van der Waals surface area contributed by atoms with Crippen molar-refractivity contribution >= 4 is 27.2 Å². The summed E-state index contributed by atoms with van der Waals surface area (Å²) in [4.78, 5) is 21.0. The maximum Gasteiger partial charge on any atom is 0.270 e. The van der Waals surface area contributed by atoms with E-state index in [2.05, 4.69) is 20.6 Å². The molecule has 2 aromatic rings. The van der Waals surface area contributed by atoms with Crippen molar-refractivity contribution in [3.8, 4) is 0 Å². The highest BCUT2D eigenvalue weighted by atomic mass is 32.2. The van der Waals surface area contributed by atoms with E-state index in [1.54, 1.807) is 13.0 Å². The molecule has 8 heteroatoms. The number of para-hydroxylation sites is 1. The zero-order valence-electron chi connectivity index (χ0n) is 15.0. The smallest absolute Gasteiger partial charge is 0.270 e. The fourth-order valence-electron chi connectivity index (χ4n) is 3.06. The van der Waals surface area contributed by atoms with Crippen LogP contribution >= 0.6 is 0 Å². The van der Waals surface area contributed by atoms with Crippen LogP contribution in [-0.4, -0.2) is 41.8 Å². The highest BCUT2D eigenvalue weighted by Crippen LogP contribution is 2.23. The second-order valence-electron chi connectivity index (χ2n) is 6.65. The molecule has 1 aliphatic rings. The van der Waals surface area contributed by atoms with E-state index in [0.717, 1.165) is 16.8 Å². The van der Waals surface area contributed by atoms with Crippen LogP contribution in [0, 0.1) is 20.8 Å². The van der Waals surface area contributed by atoms with Crippen LogP contribution in [0.3, 0.4) is 0 Å². The SMILES string of the molecule is Cc1nc(Nc2c(C)cccc2C)cc(C(=O)NC2CCS(=O)(=O)C2)n1. The lowest BCUT2D eigenvalue weighted by molar-refractivity contribution is 0.0935. The average molecular weight is 374 g/mol. The molecule has 1 saturated heterocycles. The van der Waals surface area contributed by atoms with Gasteiger partial charge < -0.3 is 10.6 Å². The van der Waals surface area contributed by atoms with Crippen LogP contribution < -0.4 is 10.6 Å². The van der Waals surface area contributed by atoms with E-state index < -0.39 is 9.84 Å². The first-order chi connectivity index (χ1) is 12.2. The molecule has 0 radical (unpaired) electrons. The van der Waals surface area contributed by atoms with Crippen molar-refractivity contribution in [2.75, 3.05) is 16.8 Å². The minimum absolute atomic E-state index is 0.0175. The van der Waals surface area contributed by atoms with Gasteiger partial charge in [-0.25, -0.2) is 18.4 Å². The van der Waals surface area contributed by atoms with E-state index in [9.17, 15) is 13.2 Å². The van der Waals surface area contributed by atoms with Gasteiger partial charge in [0.2, 0.25) is 0 Å². The molecule has 2 heterocycles. The zero-order valence-corrected chi connectivity index (χ0v) is 15.9. The van der Waals surface area contributed by atoms with Gasteiger partial charge in [0, 0.05) is 17.8 Å². The molecule has 1 aromatic heterocycles. The molecule has 1 aromatic carbocycles. The van der Waals surface area contributed by atoms with E-state index in [-0.39, 0.29) is 29.1 Å². The fraction of sp³-hybridized carbons (Fsp3) is 0.389. The van der Waals surface area contributed by atoms with E-state index in [1.807, 2.05) is 32.0 Å². The second-order valence-corrected chi connectivity index (χ2v) is 8.88. The number of nitrogens with zero attached hydrogens (tertiary/aromatic N) is 2. The Hall–Kier alpha value is -2.48. The lowest BCUT2D eigenvalue weighted by Gasteiger charge is -2.14. The first-order valence-electron chi connectivity index (χ1n) is 8.44. The summed E-state index contributed by atoms with van der Waals surface area (Å²) in [6, 6.07) is 7.19. The minimum Gasteiger partial charge on any atom is -0.347 e. The molecule has 0 saturated carbocycles. The Bertz CT molecular complexity index is 937. The highest BCUT2D eigenvalue weighted by Gasteiger charge is 2.29. The number of anilines is 2. The molecular formula is C18H22N4O3S. The maximum atomic E-state index is 12.5. The summed E-state index contributed by atoms with van der Waals surface area (Å²) >= 11 is 0. The third-order valence-corrected chi connectivity index (χ3v) is 6.14. The lowest BCUT2D eigenvalue weighted by atomic mass is 10.1. The molecule has 0 aliphatic carbocycles. The molecule has 138 valence electrons. The molecule has 26 heavy (non-hydrogen) atoms. The Morgan fingerprint density at radius 3 is 2.46 bits per heavy atom. The van der Waals surface area contributed by atoms with Gasteiger partial charge in [-0.2, -0.15) is 0 Å². The van der Waals surface area contributed by atoms with Gasteiger partial charge in [0.25, 0.3) is 5.91 Å². The van der Waals surface area contributed by atoms with Crippen LogP contribution in [-0.2, 0) is 9.84 Å². The number of nitrogens with one attached hydrogen (secondary N) is 2. The minimum atomic E-state index is -3.05. The van der Waals surface area contributed by atoms with Gasteiger partial charge in [0.15, 0.2) is 9.84 Å². The van der Waals surface area contributed by atoms with Crippen molar-refractivity contribution in [2.24, 2.45) is 0 Å². The molecule has 0 bridgehead atoms. The monoisotopic (exact) mass is 374 g/mol. The summed E-state index contributed by atoms with van der Waals surface area (Å²) in [7, 11) is -3.05. The fourth-order valence-corrected chi connectivity index (χ4v) is 4.73. The van der Waals surface area contributed by atoms with Crippen molar-refractivity contribution in [3.05, 3.63) is 46.9 Å². The van der Waals surface area contributed by atoms with E-state index in [4.69, 9.17) is 0 Å². The number of aromatic nitrogens is 2. The number of carbonyl (C=O) groups is 1. The number of sulfone groups is 1. The maximum absolute atomic E-state index is 12.5. The molecule has 0 spiro atoms. The van der Waals surface area contributed by atoms with Crippen molar-refractivity contribution < 1.29 is 13.2 Å². The van der Waals surface area contributed by atoms with E-state index in [0.29, 0.717) is 18.1 Å². The molecular weight excluding hydrogens is 352 g/mol. The van der Waals surface area contributed by atoms with Crippen LogP contribution in [0.15, 0.2) is 24.3 Å². The van der Waals surface area contributed by atoms with Gasteiger partial charge >= 0.3 is 0 Å². The topological polar surface area (TPSA) is 101 Å². The van der Waals surface area contributed by atoms with Gasteiger partial charge in [-0.3, -0.25) is 4.79 Å². The Labute approximate surface area is 153 Å². The molecule has 3 rings (SSSR count). The number of hydrogen-bond acceptors (Lipinski definition) is 6. The van der Waals surface area contributed by atoms with Crippen molar-refractivity contribution in [3.63, 3.8) is 0 Å². The molecule has 2 N–H and O–H groups in total. The molecule has 1 amide bonds. The molecule has 1 aliphatic heterocycles. The van der Waals surface area contributed by atoms with Crippen molar-refractivity contribution in [2.45, 2.75) is 33.2 Å². The summed E-state index contributed by atoms with van der Waals surface area (Å²) < 4.78 is 23.1. The predicted molar refractivity (Wildman–Crippen MR) is 100 cm³/mol.